The summed E-state index contributed by atoms with van der Waals surface area (Å²) in [7, 11) is 1.59. The number of aromatic nitrogens is 5. The van der Waals surface area contributed by atoms with Crippen molar-refractivity contribution < 1.29 is 17.9 Å². The van der Waals surface area contributed by atoms with Gasteiger partial charge in [0.1, 0.15) is 17.5 Å². The molecule has 0 spiro atoms. The van der Waals surface area contributed by atoms with Crippen molar-refractivity contribution in [3.63, 3.8) is 0 Å². The summed E-state index contributed by atoms with van der Waals surface area (Å²) in [4.78, 5) is 25.0. The molecule has 3 aromatic heterocycles. The Morgan fingerprint density at radius 2 is 1.86 bits per heavy atom. The van der Waals surface area contributed by atoms with E-state index >= 15 is 0 Å². The van der Waals surface area contributed by atoms with E-state index in [0.29, 0.717) is 12.1 Å². The van der Waals surface area contributed by atoms with Gasteiger partial charge < -0.3 is 9.30 Å². The Hall–Kier alpha value is -4.20. The SMILES string of the molecule is Cn1cnc2c(=O)n(-c3ccc(C#N)nc3)c(Oc3cc(F)c(F)c(F)c3)nc21. The van der Waals surface area contributed by atoms with Crippen LogP contribution in [0.4, 0.5) is 13.2 Å². The number of hydrogen-bond acceptors (Lipinski definition) is 6. The Balaban J connectivity index is 1.95. The van der Waals surface area contributed by atoms with Crippen molar-refractivity contribution in [2.45, 2.75) is 0 Å². The minimum atomic E-state index is -1.65. The van der Waals surface area contributed by atoms with E-state index in [0.717, 1.165) is 4.57 Å². The van der Waals surface area contributed by atoms with Gasteiger partial charge in [0, 0.05) is 19.2 Å². The number of nitrogens with zero attached hydrogens (tertiary/aromatic N) is 6. The first-order chi connectivity index (χ1) is 13.9. The van der Waals surface area contributed by atoms with E-state index in [9.17, 15) is 18.0 Å². The molecule has 0 N–H and O–H groups in total. The predicted molar refractivity (Wildman–Crippen MR) is 93.0 cm³/mol. The second-order valence-electron chi connectivity index (χ2n) is 5.88. The van der Waals surface area contributed by atoms with Crippen molar-refractivity contribution in [2.75, 3.05) is 0 Å². The lowest BCUT2D eigenvalue weighted by Crippen LogP contribution is -2.22. The van der Waals surface area contributed by atoms with Crippen LogP contribution in [0.25, 0.3) is 16.9 Å². The molecule has 0 saturated carbocycles. The zero-order valence-corrected chi connectivity index (χ0v) is 14.6. The van der Waals surface area contributed by atoms with Gasteiger partial charge in [-0.2, -0.15) is 10.2 Å². The van der Waals surface area contributed by atoms with Gasteiger partial charge in [0.05, 0.1) is 18.2 Å². The molecule has 1 aromatic carbocycles. The largest absolute Gasteiger partial charge is 0.425 e. The maximum absolute atomic E-state index is 13.6. The third kappa shape index (κ3) is 3.06. The molecule has 0 atom stereocenters. The lowest BCUT2D eigenvalue weighted by atomic mass is 10.3. The minimum Gasteiger partial charge on any atom is -0.425 e. The molecule has 0 aliphatic carbocycles. The summed E-state index contributed by atoms with van der Waals surface area (Å²) in [5, 5.41) is 8.89. The van der Waals surface area contributed by atoms with Crippen LogP contribution in [-0.4, -0.2) is 24.1 Å². The molecule has 0 aliphatic heterocycles. The summed E-state index contributed by atoms with van der Waals surface area (Å²) >= 11 is 0. The number of ether oxygens (including phenoxy) is 1. The molecule has 4 rings (SSSR count). The fourth-order valence-electron chi connectivity index (χ4n) is 2.62. The first-order valence-corrected chi connectivity index (χ1v) is 8.02. The highest BCUT2D eigenvalue weighted by atomic mass is 19.2. The Kier molecular flexibility index (Phi) is 4.23. The van der Waals surface area contributed by atoms with Crippen LogP contribution in [0.2, 0.25) is 0 Å². The quantitative estimate of drug-likeness (QED) is 0.492. The van der Waals surface area contributed by atoms with E-state index in [4.69, 9.17) is 10.00 Å². The Bertz CT molecular complexity index is 1330. The second-order valence-corrected chi connectivity index (χ2v) is 5.88. The molecule has 0 aliphatic rings. The summed E-state index contributed by atoms with van der Waals surface area (Å²) in [6.45, 7) is 0. The van der Waals surface area contributed by atoms with Crippen LogP contribution in [0.5, 0.6) is 11.8 Å². The summed E-state index contributed by atoms with van der Waals surface area (Å²) in [6, 6.07) is 5.52. The zero-order chi connectivity index (χ0) is 20.7. The van der Waals surface area contributed by atoms with Crippen molar-refractivity contribution >= 4 is 11.2 Å². The molecule has 144 valence electrons. The number of rotatable bonds is 3. The van der Waals surface area contributed by atoms with Gasteiger partial charge in [-0.1, -0.05) is 0 Å². The number of aryl methyl sites for hydroxylation is 1. The van der Waals surface area contributed by atoms with Crippen LogP contribution in [0.15, 0.2) is 41.6 Å². The van der Waals surface area contributed by atoms with E-state index in [1.54, 1.807) is 7.05 Å². The summed E-state index contributed by atoms with van der Waals surface area (Å²) < 4.78 is 48.2. The van der Waals surface area contributed by atoms with E-state index in [-0.39, 0.29) is 28.6 Å². The van der Waals surface area contributed by atoms with Gasteiger partial charge in [0.2, 0.25) is 0 Å². The summed E-state index contributed by atoms with van der Waals surface area (Å²) in [5.41, 5.74) is -0.183. The molecular weight excluding hydrogens is 389 g/mol. The number of hydrogen-bond donors (Lipinski definition) is 0. The molecule has 4 aromatic rings. The first-order valence-electron chi connectivity index (χ1n) is 8.02. The molecule has 3 heterocycles. The van der Waals surface area contributed by atoms with Gasteiger partial charge in [0.25, 0.3) is 5.56 Å². The van der Waals surface area contributed by atoms with Crippen molar-refractivity contribution in [3.8, 4) is 23.5 Å². The average Bonchev–Trinajstić information content (AvgIpc) is 3.07. The number of halogens is 3. The summed E-state index contributed by atoms with van der Waals surface area (Å²) in [6.07, 6.45) is 2.59. The Morgan fingerprint density at radius 1 is 1.14 bits per heavy atom. The maximum atomic E-state index is 13.6. The molecule has 0 amide bonds. The van der Waals surface area contributed by atoms with Crippen molar-refractivity contribution in [1.29, 1.82) is 5.26 Å². The van der Waals surface area contributed by atoms with E-state index in [1.807, 2.05) is 6.07 Å². The van der Waals surface area contributed by atoms with Crippen LogP contribution in [0.1, 0.15) is 5.69 Å². The third-order valence-corrected chi connectivity index (χ3v) is 3.99. The fourth-order valence-corrected chi connectivity index (χ4v) is 2.62. The van der Waals surface area contributed by atoms with Crippen molar-refractivity contribution in [2.24, 2.45) is 7.05 Å². The molecule has 11 heteroatoms. The van der Waals surface area contributed by atoms with Crippen LogP contribution in [-0.2, 0) is 7.05 Å². The highest BCUT2D eigenvalue weighted by Crippen LogP contribution is 2.26. The number of pyridine rings is 1. The second kappa shape index (κ2) is 6.75. The highest BCUT2D eigenvalue weighted by molar-refractivity contribution is 5.70. The fraction of sp³-hybridized carbons (Fsp3) is 0.0556. The third-order valence-electron chi connectivity index (χ3n) is 3.99. The standard InChI is InChI=1S/C18H9F3N6O2/c1-26-8-24-15-16(26)25-18(29-11-4-12(19)14(21)13(20)5-11)27(17(15)28)10-3-2-9(6-22)23-7-10/h2-5,7-8H,1H3. The monoisotopic (exact) mass is 398 g/mol. The first kappa shape index (κ1) is 18.2. The van der Waals surface area contributed by atoms with Crippen LogP contribution in [0.3, 0.4) is 0 Å². The lowest BCUT2D eigenvalue weighted by molar-refractivity contribution is 0.401. The molecule has 0 saturated heterocycles. The molecule has 0 fully saturated rings. The molecular formula is C18H9F3N6O2. The Labute approximate surface area is 160 Å². The van der Waals surface area contributed by atoms with Gasteiger partial charge in [-0.3, -0.25) is 4.79 Å². The van der Waals surface area contributed by atoms with Crippen molar-refractivity contribution in [1.82, 2.24) is 24.1 Å². The number of benzene rings is 1. The van der Waals surface area contributed by atoms with Crippen molar-refractivity contribution in [3.05, 3.63) is 70.3 Å². The van der Waals surface area contributed by atoms with E-state index in [2.05, 4.69) is 15.0 Å². The topological polar surface area (TPSA) is 98.6 Å². The number of nitriles is 1. The minimum absolute atomic E-state index is 0.0145. The van der Waals surface area contributed by atoms with Gasteiger partial charge in [-0.25, -0.2) is 27.7 Å². The number of imidazole rings is 1. The van der Waals surface area contributed by atoms with Crippen LogP contribution in [0, 0.1) is 28.8 Å². The smallest absolute Gasteiger partial charge is 0.311 e. The molecule has 8 nitrogen and oxygen atoms in total. The van der Waals surface area contributed by atoms with Gasteiger partial charge in [0.15, 0.2) is 28.6 Å². The maximum Gasteiger partial charge on any atom is 0.311 e. The molecule has 29 heavy (non-hydrogen) atoms. The molecule has 0 bridgehead atoms. The Morgan fingerprint density at radius 3 is 2.48 bits per heavy atom. The van der Waals surface area contributed by atoms with Crippen LogP contribution >= 0.6 is 0 Å². The summed E-state index contributed by atoms with van der Waals surface area (Å²) in [5.74, 6) is -4.99. The van der Waals surface area contributed by atoms with Gasteiger partial charge >= 0.3 is 6.01 Å². The zero-order valence-electron chi connectivity index (χ0n) is 14.6. The molecule has 0 radical (unpaired) electrons. The number of fused-ring (bicyclic) bond motifs is 1. The normalized spacial score (nSPS) is 10.9. The van der Waals surface area contributed by atoms with Crippen LogP contribution < -0.4 is 10.3 Å². The van der Waals surface area contributed by atoms with E-state index in [1.165, 1.54) is 29.2 Å². The van der Waals surface area contributed by atoms with Gasteiger partial charge in [-0.15, -0.1) is 0 Å². The molecule has 0 unspecified atom stereocenters. The lowest BCUT2D eigenvalue weighted by Gasteiger charge is -2.13. The van der Waals surface area contributed by atoms with Gasteiger partial charge in [-0.05, 0) is 12.1 Å². The average molecular weight is 398 g/mol. The van der Waals surface area contributed by atoms with E-state index < -0.39 is 28.8 Å². The predicted octanol–water partition coefficient (Wildman–Crippen LogP) is 2.60. The highest BCUT2D eigenvalue weighted by Gasteiger charge is 2.19.